The molecule has 1 aliphatic rings. The van der Waals surface area contributed by atoms with Gasteiger partial charge in [-0.3, -0.25) is 0 Å². The zero-order chi connectivity index (χ0) is 11.7. The highest BCUT2D eigenvalue weighted by atomic mass is 32.1. The molecule has 3 rings (SSSR count). The third kappa shape index (κ3) is 2.18. The summed E-state index contributed by atoms with van der Waals surface area (Å²) in [5.74, 6) is 1.75. The van der Waals surface area contributed by atoms with Crippen LogP contribution in [0.15, 0.2) is 16.0 Å². The summed E-state index contributed by atoms with van der Waals surface area (Å²) in [4.78, 5) is 4.93. The van der Waals surface area contributed by atoms with Gasteiger partial charge in [0.2, 0.25) is 0 Å². The molecule has 3 heterocycles. The largest absolute Gasteiger partial charge is 0.506 e. The number of rotatable bonds is 3. The predicted octanol–water partition coefficient (Wildman–Crippen LogP) is 2.08. The Hall–Kier alpha value is -1.40. The molecule has 0 radical (unpaired) electrons. The first-order chi connectivity index (χ1) is 8.33. The van der Waals surface area contributed by atoms with Crippen molar-refractivity contribution in [3.8, 4) is 16.5 Å². The van der Waals surface area contributed by atoms with E-state index >= 15 is 0 Å². The van der Waals surface area contributed by atoms with Gasteiger partial charge >= 0.3 is 0 Å². The Kier molecular flexibility index (Phi) is 2.82. The fourth-order valence-corrected chi connectivity index (χ4v) is 2.60. The van der Waals surface area contributed by atoms with E-state index < -0.39 is 0 Å². The van der Waals surface area contributed by atoms with E-state index in [4.69, 9.17) is 9.26 Å². The number of hydrogen-bond donors (Lipinski definition) is 1. The van der Waals surface area contributed by atoms with Crippen molar-refractivity contribution in [1.29, 1.82) is 0 Å². The van der Waals surface area contributed by atoms with Crippen LogP contribution in [0.3, 0.4) is 0 Å². The van der Waals surface area contributed by atoms with Crippen LogP contribution in [0.4, 0.5) is 0 Å². The molecule has 1 atom stereocenters. The van der Waals surface area contributed by atoms with E-state index in [-0.39, 0.29) is 5.75 Å². The molecule has 0 amide bonds. The van der Waals surface area contributed by atoms with Crippen LogP contribution in [0.2, 0.25) is 0 Å². The second-order valence-corrected chi connectivity index (χ2v) is 5.00. The van der Waals surface area contributed by atoms with Crippen LogP contribution in [-0.2, 0) is 11.2 Å². The molecule has 0 aliphatic carbocycles. The molecule has 1 N–H and O–H groups in total. The molecule has 90 valence electrons. The molecule has 1 saturated heterocycles. The molecule has 6 heteroatoms. The second-order valence-electron chi connectivity index (χ2n) is 4.08. The van der Waals surface area contributed by atoms with Gasteiger partial charge in [0.25, 0.3) is 5.89 Å². The van der Waals surface area contributed by atoms with Gasteiger partial charge in [-0.2, -0.15) is 4.98 Å². The first-order valence-electron chi connectivity index (χ1n) is 5.50. The zero-order valence-electron chi connectivity index (χ0n) is 9.13. The smallest absolute Gasteiger partial charge is 0.271 e. The van der Waals surface area contributed by atoms with Gasteiger partial charge in [0.15, 0.2) is 5.82 Å². The van der Waals surface area contributed by atoms with Crippen molar-refractivity contribution in [3.05, 3.63) is 17.3 Å². The number of hydrogen-bond acceptors (Lipinski definition) is 6. The normalized spacial score (nSPS) is 19.9. The third-order valence-electron chi connectivity index (χ3n) is 2.80. The Bertz CT molecular complexity index is 502. The molecule has 0 bridgehead atoms. The number of ether oxygens (including phenoxy) is 1. The van der Waals surface area contributed by atoms with Gasteiger partial charge in [0.05, 0.1) is 0 Å². The van der Waals surface area contributed by atoms with Crippen LogP contribution in [-0.4, -0.2) is 28.5 Å². The van der Waals surface area contributed by atoms with E-state index in [0.29, 0.717) is 22.5 Å². The van der Waals surface area contributed by atoms with Crippen LogP contribution in [0.5, 0.6) is 5.75 Å². The molecule has 1 unspecified atom stereocenters. The zero-order valence-corrected chi connectivity index (χ0v) is 9.94. The van der Waals surface area contributed by atoms with Crippen molar-refractivity contribution in [3.63, 3.8) is 0 Å². The fraction of sp³-hybridized carbons (Fsp3) is 0.455. The van der Waals surface area contributed by atoms with Crippen molar-refractivity contribution in [1.82, 2.24) is 10.1 Å². The number of thiophene rings is 1. The summed E-state index contributed by atoms with van der Waals surface area (Å²) >= 11 is 1.39. The van der Waals surface area contributed by atoms with Crippen LogP contribution < -0.4 is 0 Å². The van der Waals surface area contributed by atoms with Gasteiger partial charge in [0.1, 0.15) is 10.6 Å². The first kappa shape index (κ1) is 10.7. The average Bonchev–Trinajstić information content (AvgIpc) is 3.00. The molecule has 0 aromatic carbocycles. The number of aromatic nitrogens is 2. The Morgan fingerprint density at radius 2 is 2.47 bits per heavy atom. The summed E-state index contributed by atoms with van der Waals surface area (Å²) in [5.41, 5.74) is 0. The quantitative estimate of drug-likeness (QED) is 0.905. The topological polar surface area (TPSA) is 68.4 Å². The van der Waals surface area contributed by atoms with Crippen molar-refractivity contribution in [2.75, 3.05) is 13.2 Å². The van der Waals surface area contributed by atoms with Crippen molar-refractivity contribution in [2.45, 2.75) is 12.8 Å². The van der Waals surface area contributed by atoms with E-state index in [0.717, 1.165) is 26.1 Å². The lowest BCUT2D eigenvalue weighted by Gasteiger charge is -2.00. The molecule has 0 spiro atoms. The summed E-state index contributed by atoms with van der Waals surface area (Å²) in [6.45, 7) is 1.59. The molecule has 1 fully saturated rings. The fourth-order valence-electron chi connectivity index (χ4n) is 1.89. The van der Waals surface area contributed by atoms with E-state index in [1.165, 1.54) is 11.3 Å². The number of nitrogens with zero attached hydrogens (tertiary/aromatic N) is 2. The monoisotopic (exact) mass is 252 g/mol. The van der Waals surface area contributed by atoms with Crippen LogP contribution in [0.1, 0.15) is 12.2 Å². The standard InChI is InChI=1S/C11H12N2O3S/c14-8-2-4-17-10(8)11-12-9(13-16-11)5-7-1-3-15-6-7/h2,4,7,14H,1,3,5-6H2. The lowest BCUT2D eigenvalue weighted by molar-refractivity contribution is 0.185. The van der Waals surface area contributed by atoms with Crippen molar-refractivity contribution >= 4 is 11.3 Å². The van der Waals surface area contributed by atoms with Gasteiger partial charge in [-0.05, 0) is 23.8 Å². The molecular weight excluding hydrogens is 240 g/mol. The summed E-state index contributed by atoms with van der Waals surface area (Å²) in [6.07, 6.45) is 1.82. The summed E-state index contributed by atoms with van der Waals surface area (Å²) < 4.78 is 10.5. The van der Waals surface area contributed by atoms with Gasteiger partial charge in [-0.25, -0.2) is 0 Å². The molecule has 2 aromatic heterocycles. The Morgan fingerprint density at radius 1 is 1.53 bits per heavy atom. The first-order valence-corrected chi connectivity index (χ1v) is 6.38. The van der Waals surface area contributed by atoms with Gasteiger partial charge < -0.3 is 14.4 Å². The molecule has 1 aliphatic heterocycles. The predicted molar refractivity (Wildman–Crippen MR) is 61.9 cm³/mol. The Labute approximate surface area is 102 Å². The average molecular weight is 252 g/mol. The van der Waals surface area contributed by atoms with Crippen LogP contribution in [0.25, 0.3) is 10.8 Å². The summed E-state index contributed by atoms with van der Waals surface area (Å²) in [5, 5.41) is 15.3. The van der Waals surface area contributed by atoms with Gasteiger partial charge in [-0.1, -0.05) is 5.16 Å². The minimum Gasteiger partial charge on any atom is -0.506 e. The lowest BCUT2D eigenvalue weighted by Crippen LogP contribution is -2.04. The highest BCUT2D eigenvalue weighted by Gasteiger charge is 2.20. The maximum absolute atomic E-state index is 9.56. The minimum atomic E-state index is 0.189. The van der Waals surface area contributed by atoms with E-state index in [1.807, 2.05) is 0 Å². The van der Waals surface area contributed by atoms with Gasteiger partial charge in [-0.15, -0.1) is 11.3 Å². The highest BCUT2D eigenvalue weighted by molar-refractivity contribution is 7.13. The molecular formula is C11H12N2O3S. The maximum Gasteiger partial charge on any atom is 0.271 e. The van der Waals surface area contributed by atoms with E-state index in [9.17, 15) is 5.11 Å². The van der Waals surface area contributed by atoms with Gasteiger partial charge in [0, 0.05) is 19.6 Å². The Morgan fingerprint density at radius 3 is 3.18 bits per heavy atom. The van der Waals surface area contributed by atoms with Crippen molar-refractivity contribution in [2.24, 2.45) is 5.92 Å². The van der Waals surface area contributed by atoms with E-state index in [2.05, 4.69) is 10.1 Å². The Balaban J connectivity index is 1.76. The number of aromatic hydroxyl groups is 1. The SMILES string of the molecule is Oc1ccsc1-c1nc(CC2CCOC2)no1. The third-order valence-corrected chi connectivity index (χ3v) is 3.69. The molecule has 2 aromatic rings. The molecule has 0 saturated carbocycles. The van der Waals surface area contributed by atoms with E-state index in [1.54, 1.807) is 11.4 Å². The molecule has 5 nitrogen and oxygen atoms in total. The minimum absolute atomic E-state index is 0.189. The van der Waals surface area contributed by atoms with Crippen LogP contribution in [0, 0.1) is 5.92 Å². The summed E-state index contributed by atoms with van der Waals surface area (Å²) in [7, 11) is 0. The van der Waals surface area contributed by atoms with Crippen LogP contribution >= 0.6 is 11.3 Å². The van der Waals surface area contributed by atoms with Crippen molar-refractivity contribution < 1.29 is 14.4 Å². The lowest BCUT2D eigenvalue weighted by atomic mass is 10.1. The highest BCUT2D eigenvalue weighted by Crippen LogP contribution is 2.33. The second kappa shape index (κ2) is 4.46. The summed E-state index contributed by atoms with van der Waals surface area (Å²) in [6, 6.07) is 1.62. The molecule has 17 heavy (non-hydrogen) atoms. The maximum atomic E-state index is 9.56.